The van der Waals surface area contributed by atoms with E-state index in [0.29, 0.717) is 6.42 Å². The Labute approximate surface area is 393 Å². The van der Waals surface area contributed by atoms with Gasteiger partial charge in [-0.25, -0.2) is 0 Å². The first-order chi connectivity index (χ1) is 31.2. The van der Waals surface area contributed by atoms with E-state index >= 15 is 0 Å². The molecule has 4 heteroatoms. The Kier molecular flexibility index (Phi) is 52.3. The number of aliphatic hydroxyl groups is 2. The predicted octanol–water partition coefficient (Wildman–Crippen LogP) is 18.2. The van der Waals surface area contributed by atoms with Gasteiger partial charge in [-0.3, -0.25) is 4.79 Å². The monoisotopic (exact) mass is 878 g/mol. The topological polar surface area (TPSA) is 69.6 Å². The molecule has 0 aromatic carbocycles. The van der Waals surface area contributed by atoms with E-state index in [1.807, 2.05) is 6.08 Å². The molecule has 0 saturated carbocycles. The number of carbonyl (C=O) groups is 1. The standard InChI is InChI=1S/C59H107NO3/c1-3-5-7-9-11-13-15-17-19-20-21-22-23-24-25-26-27-28-29-30-31-32-33-34-35-36-37-38-39-40-41-43-45-47-49-51-53-55-59(63)60-57(56-61)58(62)54-52-50-48-46-44-42-18-16-14-12-10-8-6-4-2/h5,7,11,13,17,19,21-22,44,46,52,54,57-58,61-62H,3-4,6,8-10,12,14-16,18,20,23-43,45,47-51,53,55-56H2,1-2H3,(H,60,63)/b7-5-,13-11-,19-17-,22-21-,46-44+,54-52+. The second-order valence-electron chi connectivity index (χ2n) is 18.6. The van der Waals surface area contributed by atoms with Crippen molar-refractivity contribution < 1.29 is 15.0 Å². The number of amides is 1. The molecule has 2 unspecified atom stereocenters. The minimum atomic E-state index is -0.861. The summed E-state index contributed by atoms with van der Waals surface area (Å²) in [5, 5.41) is 23.0. The largest absolute Gasteiger partial charge is 0.394 e. The van der Waals surface area contributed by atoms with Crippen molar-refractivity contribution >= 4 is 5.91 Å². The SMILES string of the molecule is CC/C=C\C/C=C\C/C=C\C/C=C\CCCCCCCCCCCCCCCCCCCCCCCCCCC(=O)NC(CO)C(O)/C=C/CC/C=C/CCCCCCCCCC. The normalized spacial score (nSPS) is 13.4. The number of rotatable bonds is 50. The van der Waals surface area contributed by atoms with Gasteiger partial charge < -0.3 is 15.5 Å². The van der Waals surface area contributed by atoms with Crippen LogP contribution >= 0.6 is 0 Å². The van der Waals surface area contributed by atoms with E-state index in [-0.39, 0.29) is 12.5 Å². The highest BCUT2D eigenvalue weighted by atomic mass is 16.3. The Morgan fingerprint density at radius 3 is 1.11 bits per heavy atom. The Bertz CT molecular complexity index is 1090. The van der Waals surface area contributed by atoms with Gasteiger partial charge in [0.2, 0.25) is 5.91 Å². The maximum atomic E-state index is 12.4. The number of allylic oxidation sites excluding steroid dienone is 11. The summed E-state index contributed by atoms with van der Waals surface area (Å²) in [6.07, 6.45) is 77.9. The first-order valence-electron chi connectivity index (χ1n) is 27.7. The zero-order chi connectivity index (χ0) is 45.6. The molecule has 0 rings (SSSR count). The first-order valence-corrected chi connectivity index (χ1v) is 27.7. The maximum absolute atomic E-state index is 12.4. The Morgan fingerprint density at radius 1 is 0.397 bits per heavy atom. The summed E-state index contributed by atoms with van der Waals surface area (Å²) in [6.45, 7) is 4.19. The molecule has 4 nitrogen and oxygen atoms in total. The molecule has 0 saturated heterocycles. The number of aliphatic hydroxyl groups excluding tert-OH is 2. The summed E-state index contributed by atoms with van der Waals surface area (Å²) in [4.78, 5) is 12.4. The van der Waals surface area contributed by atoms with Gasteiger partial charge in [0, 0.05) is 6.42 Å². The van der Waals surface area contributed by atoms with E-state index in [1.165, 1.54) is 199 Å². The molecule has 0 fully saturated rings. The lowest BCUT2D eigenvalue weighted by Crippen LogP contribution is -2.45. The number of carbonyl (C=O) groups excluding carboxylic acids is 1. The highest BCUT2D eigenvalue weighted by Crippen LogP contribution is 2.17. The van der Waals surface area contributed by atoms with E-state index in [1.54, 1.807) is 6.08 Å². The van der Waals surface area contributed by atoms with Gasteiger partial charge in [-0.2, -0.15) is 0 Å². The van der Waals surface area contributed by atoms with Gasteiger partial charge >= 0.3 is 0 Å². The number of hydrogen-bond donors (Lipinski definition) is 3. The third kappa shape index (κ3) is 50.7. The molecule has 0 heterocycles. The molecule has 63 heavy (non-hydrogen) atoms. The summed E-state index contributed by atoms with van der Waals surface area (Å²) >= 11 is 0. The number of unbranched alkanes of at least 4 members (excludes halogenated alkanes) is 33. The van der Waals surface area contributed by atoms with Crippen LogP contribution in [-0.4, -0.2) is 34.9 Å². The average Bonchev–Trinajstić information content (AvgIpc) is 3.29. The van der Waals surface area contributed by atoms with Crippen molar-refractivity contribution in [2.24, 2.45) is 0 Å². The lowest BCUT2D eigenvalue weighted by atomic mass is 10.0. The second kappa shape index (κ2) is 54.2. The summed E-state index contributed by atoms with van der Waals surface area (Å²) in [5.41, 5.74) is 0. The van der Waals surface area contributed by atoms with E-state index in [9.17, 15) is 15.0 Å². The van der Waals surface area contributed by atoms with Crippen LogP contribution in [0.25, 0.3) is 0 Å². The minimum absolute atomic E-state index is 0.0717. The van der Waals surface area contributed by atoms with Crippen LogP contribution in [0.15, 0.2) is 72.9 Å². The molecular weight excluding hydrogens is 771 g/mol. The number of nitrogens with one attached hydrogen (secondary N) is 1. The molecular formula is C59H107NO3. The maximum Gasteiger partial charge on any atom is 0.220 e. The van der Waals surface area contributed by atoms with Crippen LogP contribution < -0.4 is 5.32 Å². The molecule has 2 atom stereocenters. The van der Waals surface area contributed by atoms with Gasteiger partial charge in [0.05, 0.1) is 18.8 Å². The molecule has 0 bridgehead atoms. The van der Waals surface area contributed by atoms with Gasteiger partial charge in [0.1, 0.15) is 0 Å². The van der Waals surface area contributed by atoms with Gasteiger partial charge in [-0.1, -0.05) is 273 Å². The van der Waals surface area contributed by atoms with Crippen LogP contribution in [-0.2, 0) is 4.79 Å². The van der Waals surface area contributed by atoms with Crippen molar-refractivity contribution in [1.29, 1.82) is 0 Å². The van der Waals surface area contributed by atoms with Crippen molar-refractivity contribution in [1.82, 2.24) is 5.32 Å². The lowest BCUT2D eigenvalue weighted by molar-refractivity contribution is -0.123. The highest BCUT2D eigenvalue weighted by Gasteiger charge is 2.18. The van der Waals surface area contributed by atoms with E-state index in [0.717, 1.165) is 57.8 Å². The van der Waals surface area contributed by atoms with Gasteiger partial charge in [-0.15, -0.1) is 0 Å². The van der Waals surface area contributed by atoms with Crippen molar-refractivity contribution in [3.63, 3.8) is 0 Å². The highest BCUT2D eigenvalue weighted by molar-refractivity contribution is 5.76. The van der Waals surface area contributed by atoms with E-state index in [2.05, 4.69) is 79.9 Å². The summed E-state index contributed by atoms with van der Waals surface area (Å²) in [6, 6.07) is -0.638. The molecule has 0 aromatic rings. The third-order valence-electron chi connectivity index (χ3n) is 12.4. The van der Waals surface area contributed by atoms with Gasteiger partial charge in [-0.05, 0) is 70.6 Å². The quantitative estimate of drug-likeness (QED) is 0.0421. The van der Waals surface area contributed by atoms with Crippen molar-refractivity contribution in [2.45, 2.75) is 289 Å². The Balaban J connectivity index is 3.43. The fourth-order valence-electron chi connectivity index (χ4n) is 8.25. The third-order valence-corrected chi connectivity index (χ3v) is 12.4. The minimum Gasteiger partial charge on any atom is -0.394 e. The molecule has 1 amide bonds. The van der Waals surface area contributed by atoms with Crippen molar-refractivity contribution in [3.8, 4) is 0 Å². The smallest absolute Gasteiger partial charge is 0.220 e. The molecule has 0 aliphatic carbocycles. The summed E-state index contributed by atoms with van der Waals surface area (Å²) in [7, 11) is 0. The molecule has 0 aliphatic rings. The molecule has 3 N–H and O–H groups in total. The fraction of sp³-hybridized carbons (Fsp3) is 0.780. The van der Waals surface area contributed by atoms with Crippen LogP contribution in [0.3, 0.4) is 0 Å². The Hall–Kier alpha value is -2.17. The van der Waals surface area contributed by atoms with E-state index in [4.69, 9.17) is 0 Å². The lowest BCUT2D eigenvalue weighted by Gasteiger charge is -2.19. The van der Waals surface area contributed by atoms with Crippen LogP contribution in [0, 0.1) is 0 Å². The van der Waals surface area contributed by atoms with Crippen LogP contribution in [0.1, 0.15) is 277 Å². The van der Waals surface area contributed by atoms with Gasteiger partial charge in [0.15, 0.2) is 0 Å². The number of hydrogen-bond acceptors (Lipinski definition) is 3. The van der Waals surface area contributed by atoms with Crippen LogP contribution in [0.2, 0.25) is 0 Å². The zero-order valence-electron chi connectivity index (χ0n) is 42.1. The average molecular weight is 879 g/mol. The zero-order valence-corrected chi connectivity index (χ0v) is 42.1. The van der Waals surface area contributed by atoms with Crippen molar-refractivity contribution in [2.75, 3.05) is 6.61 Å². The predicted molar refractivity (Wildman–Crippen MR) is 281 cm³/mol. The summed E-state index contributed by atoms with van der Waals surface area (Å²) < 4.78 is 0. The van der Waals surface area contributed by atoms with Crippen LogP contribution in [0.4, 0.5) is 0 Å². The fourth-order valence-corrected chi connectivity index (χ4v) is 8.25. The summed E-state index contributed by atoms with van der Waals surface area (Å²) in [5.74, 6) is -0.0717. The van der Waals surface area contributed by atoms with E-state index < -0.39 is 12.1 Å². The molecule has 0 aliphatic heterocycles. The first kappa shape index (κ1) is 60.8. The molecule has 366 valence electrons. The van der Waals surface area contributed by atoms with Gasteiger partial charge in [0.25, 0.3) is 0 Å². The molecule has 0 spiro atoms. The molecule has 0 aromatic heterocycles. The van der Waals surface area contributed by atoms with Crippen molar-refractivity contribution in [3.05, 3.63) is 72.9 Å². The molecule has 0 radical (unpaired) electrons. The Morgan fingerprint density at radius 2 is 0.714 bits per heavy atom. The second-order valence-corrected chi connectivity index (χ2v) is 18.6. The van der Waals surface area contributed by atoms with Crippen LogP contribution in [0.5, 0.6) is 0 Å².